The van der Waals surface area contributed by atoms with Crippen LogP contribution < -0.4 is 5.32 Å². The van der Waals surface area contributed by atoms with E-state index >= 15 is 0 Å². The van der Waals surface area contributed by atoms with Crippen molar-refractivity contribution < 1.29 is 4.79 Å². The molecule has 0 aliphatic carbocycles. The van der Waals surface area contributed by atoms with Crippen LogP contribution in [0.2, 0.25) is 0 Å². The van der Waals surface area contributed by atoms with Crippen molar-refractivity contribution in [2.75, 3.05) is 6.54 Å². The van der Waals surface area contributed by atoms with E-state index in [2.05, 4.69) is 63.7 Å². The Morgan fingerprint density at radius 2 is 1.93 bits per heavy atom. The molecule has 0 aliphatic heterocycles. The maximum atomic E-state index is 12.0. The number of rotatable bonds is 5. The molecule has 0 fully saturated rings. The highest BCUT2D eigenvalue weighted by molar-refractivity contribution is 7.16. The summed E-state index contributed by atoms with van der Waals surface area (Å²) < 4.78 is 1.19. The Morgan fingerprint density at radius 1 is 1.11 bits per heavy atom. The van der Waals surface area contributed by atoms with E-state index in [-0.39, 0.29) is 5.91 Å². The Morgan fingerprint density at radius 3 is 2.70 bits per heavy atom. The first-order valence-corrected chi connectivity index (χ1v) is 10.1. The molecule has 0 aliphatic rings. The topological polar surface area (TPSA) is 54.9 Å². The van der Waals surface area contributed by atoms with Crippen molar-refractivity contribution in [3.8, 4) is 23.5 Å². The number of benzene rings is 2. The quantitative estimate of drug-likeness (QED) is 0.516. The van der Waals surface area contributed by atoms with E-state index in [4.69, 9.17) is 6.42 Å². The van der Waals surface area contributed by atoms with E-state index in [0.29, 0.717) is 17.2 Å². The molecule has 0 unspecified atom stereocenters. The lowest BCUT2D eigenvalue weighted by atomic mass is 10.0. The van der Waals surface area contributed by atoms with Crippen molar-refractivity contribution >= 4 is 38.8 Å². The van der Waals surface area contributed by atoms with Gasteiger partial charge in [-0.2, -0.15) is 0 Å². The molecule has 2 aromatic heterocycles. The van der Waals surface area contributed by atoms with Crippen LogP contribution in [0.25, 0.3) is 21.3 Å². The van der Waals surface area contributed by atoms with Gasteiger partial charge in [-0.25, -0.2) is 9.97 Å². The minimum absolute atomic E-state index is 0.192. The summed E-state index contributed by atoms with van der Waals surface area (Å²) in [6.07, 6.45) is 6.04. The monoisotopic (exact) mass is 389 g/mol. The molecule has 27 heavy (non-hydrogen) atoms. The fourth-order valence-electron chi connectivity index (χ4n) is 2.75. The number of fused-ring (bicyclic) bond motifs is 1. The third-order valence-electron chi connectivity index (χ3n) is 4.18. The highest BCUT2D eigenvalue weighted by Crippen LogP contribution is 2.26. The maximum Gasteiger partial charge on any atom is 0.270 e. The fraction of sp³-hybridized carbons (Fsp3) is 0.0952. The number of amides is 1. The van der Waals surface area contributed by atoms with Crippen molar-refractivity contribution in [3.63, 3.8) is 0 Å². The smallest absolute Gasteiger partial charge is 0.270 e. The van der Waals surface area contributed by atoms with Crippen LogP contribution in [0.1, 0.15) is 21.1 Å². The second-order valence-corrected chi connectivity index (χ2v) is 7.66. The van der Waals surface area contributed by atoms with Crippen LogP contribution in [0.5, 0.6) is 0 Å². The first-order valence-electron chi connectivity index (χ1n) is 8.36. The standard InChI is InChI=1S/C21H15N3OS2/c1-2-20-24-18(12-26-20)21(25)22-10-9-14-3-5-15(6-4-14)16-7-8-17-19(11-16)27-13-23-17/h1,3-8,11-13H,9-10H2,(H,22,25). The molecule has 0 atom stereocenters. The third kappa shape index (κ3) is 3.90. The average Bonchev–Trinajstić information content (AvgIpc) is 3.37. The van der Waals surface area contributed by atoms with Crippen molar-refractivity contribution in [1.29, 1.82) is 0 Å². The largest absolute Gasteiger partial charge is 0.350 e. The lowest BCUT2D eigenvalue weighted by Gasteiger charge is -2.06. The number of carbonyl (C=O) groups is 1. The molecule has 2 aromatic carbocycles. The molecule has 6 heteroatoms. The van der Waals surface area contributed by atoms with Gasteiger partial charge in [-0.1, -0.05) is 30.3 Å². The molecule has 4 nitrogen and oxygen atoms in total. The van der Waals surface area contributed by atoms with Gasteiger partial charge in [0.1, 0.15) is 5.69 Å². The predicted molar refractivity (Wildman–Crippen MR) is 111 cm³/mol. The van der Waals surface area contributed by atoms with E-state index in [0.717, 1.165) is 11.9 Å². The SMILES string of the molecule is C#Cc1nc(C(=O)NCCc2ccc(-c3ccc4ncsc4c3)cc2)cs1. The number of carbonyl (C=O) groups excluding carboxylic acids is 1. The van der Waals surface area contributed by atoms with Gasteiger partial charge in [-0.05, 0) is 41.2 Å². The van der Waals surface area contributed by atoms with Crippen LogP contribution in [0.15, 0.2) is 53.4 Å². The summed E-state index contributed by atoms with van der Waals surface area (Å²) in [5.74, 6) is 2.24. The molecule has 0 saturated carbocycles. The Hall–Kier alpha value is -3.01. The van der Waals surface area contributed by atoms with Gasteiger partial charge < -0.3 is 5.32 Å². The molecule has 4 aromatic rings. The van der Waals surface area contributed by atoms with Crippen molar-refractivity contribution in [2.45, 2.75) is 6.42 Å². The third-order valence-corrected chi connectivity index (χ3v) is 5.74. The Kier molecular flexibility index (Phi) is 4.97. The Bertz CT molecular complexity index is 1140. The minimum Gasteiger partial charge on any atom is -0.350 e. The van der Waals surface area contributed by atoms with Gasteiger partial charge >= 0.3 is 0 Å². The molecule has 0 spiro atoms. The number of nitrogens with one attached hydrogen (secondary N) is 1. The summed E-state index contributed by atoms with van der Waals surface area (Å²) in [6, 6.07) is 14.7. The minimum atomic E-state index is -0.192. The molecule has 0 saturated heterocycles. The Labute approximate surface area is 164 Å². The molecule has 132 valence electrons. The van der Waals surface area contributed by atoms with Crippen LogP contribution >= 0.6 is 22.7 Å². The van der Waals surface area contributed by atoms with Crippen molar-refractivity contribution in [2.24, 2.45) is 0 Å². The summed E-state index contributed by atoms with van der Waals surface area (Å²) in [4.78, 5) is 20.4. The summed E-state index contributed by atoms with van der Waals surface area (Å²) in [5, 5.41) is 5.08. The molecular weight excluding hydrogens is 374 g/mol. The molecular formula is C21H15N3OS2. The van der Waals surface area contributed by atoms with Crippen LogP contribution in [0, 0.1) is 12.3 Å². The average molecular weight is 390 g/mol. The van der Waals surface area contributed by atoms with Gasteiger partial charge in [0.2, 0.25) is 0 Å². The first kappa shape index (κ1) is 17.4. The van der Waals surface area contributed by atoms with Crippen molar-refractivity contribution in [3.05, 3.63) is 69.6 Å². The molecule has 4 rings (SSSR count). The van der Waals surface area contributed by atoms with E-state index in [1.807, 2.05) is 5.51 Å². The number of hydrogen-bond donors (Lipinski definition) is 1. The number of nitrogens with zero attached hydrogens (tertiary/aromatic N) is 2. The van der Waals surface area contributed by atoms with Crippen LogP contribution in [-0.4, -0.2) is 22.4 Å². The zero-order chi connectivity index (χ0) is 18.6. The van der Waals surface area contributed by atoms with Gasteiger partial charge in [-0.3, -0.25) is 4.79 Å². The summed E-state index contributed by atoms with van der Waals surface area (Å²) in [7, 11) is 0. The zero-order valence-corrected chi connectivity index (χ0v) is 15.9. The summed E-state index contributed by atoms with van der Waals surface area (Å²) in [5.41, 5.74) is 6.79. The van der Waals surface area contributed by atoms with Gasteiger partial charge in [0.05, 0.1) is 15.7 Å². The lowest BCUT2D eigenvalue weighted by molar-refractivity contribution is 0.0950. The van der Waals surface area contributed by atoms with Gasteiger partial charge in [0, 0.05) is 11.9 Å². The highest BCUT2D eigenvalue weighted by Gasteiger charge is 2.09. The molecule has 0 radical (unpaired) electrons. The van der Waals surface area contributed by atoms with E-state index in [1.54, 1.807) is 16.7 Å². The first-order chi connectivity index (χ1) is 13.2. The van der Waals surface area contributed by atoms with Gasteiger partial charge in [-0.15, -0.1) is 29.1 Å². The molecule has 1 N–H and O–H groups in total. The highest BCUT2D eigenvalue weighted by atomic mass is 32.1. The van der Waals surface area contributed by atoms with Crippen LogP contribution in [-0.2, 0) is 6.42 Å². The van der Waals surface area contributed by atoms with Gasteiger partial charge in [0.25, 0.3) is 5.91 Å². The number of aromatic nitrogens is 2. The molecule has 1 amide bonds. The number of hydrogen-bond acceptors (Lipinski definition) is 5. The molecule has 2 heterocycles. The van der Waals surface area contributed by atoms with E-state index in [1.165, 1.54) is 32.7 Å². The number of thiazole rings is 2. The predicted octanol–water partition coefficient (Wildman–Crippen LogP) is 4.37. The van der Waals surface area contributed by atoms with E-state index in [9.17, 15) is 4.79 Å². The summed E-state index contributed by atoms with van der Waals surface area (Å²) in [6.45, 7) is 0.550. The normalized spacial score (nSPS) is 10.6. The van der Waals surface area contributed by atoms with Crippen LogP contribution in [0.4, 0.5) is 0 Å². The Balaban J connectivity index is 1.36. The second-order valence-electron chi connectivity index (χ2n) is 5.92. The lowest BCUT2D eigenvalue weighted by Crippen LogP contribution is -2.25. The number of terminal acetylenes is 1. The van der Waals surface area contributed by atoms with Crippen molar-refractivity contribution in [1.82, 2.24) is 15.3 Å². The fourth-order valence-corrected chi connectivity index (χ4v) is 4.07. The summed E-state index contributed by atoms with van der Waals surface area (Å²) >= 11 is 2.94. The zero-order valence-electron chi connectivity index (χ0n) is 14.3. The van der Waals surface area contributed by atoms with Crippen LogP contribution in [0.3, 0.4) is 0 Å². The molecule has 0 bridgehead atoms. The maximum absolute atomic E-state index is 12.0. The second kappa shape index (κ2) is 7.70. The van der Waals surface area contributed by atoms with Gasteiger partial charge in [0.15, 0.2) is 5.01 Å². The van der Waals surface area contributed by atoms with E-state index < -0.39 is 0 Å².